The van der Waals surface area contributed by atoms with Gasteiger partial charge < -0.3 is 14.5 Å². The average Bonchev–Trinajstić information content (AvgIpc) is 3.32. The summed E-state index contributed by atoms with van der Waals surface area (Å²) in [6.07, 6.45) is 0.632. The number of hydrogen-bond donors (Lipinski definition) is 0. The number of benzene rings is 2. The maximum absolute atomic E-state index is 13.7. The molecule has 2 aromatic carbocycles. The summed E-state index contributed by atoms with van der Waals surface area (Å²) in [4.78, 5) is 29.4. The molecule has 3 fully saturated rings. The third-order valence-electron chi connectivity index (χ3n) is 6.29. The number of aryl methyl sites for hydroxylation is 1. The van der Waals surface area contributed by atoms with Gasteiger partial charge in [-0.3, -0.25) is 9.59 Å². The first-order valence-electron chi connectivity index (χ1n) is 9.60. The molecule has 0 radical (unpaired) electrons. The van der Waals surface area contributed by atoms with E-state index in [9.17, 15) is 14.0 Å². The van der Waals surface area contributed by atoms with E-state index in [2.05, 4.69) is 0 Å². The number of likely N-dealkylation sites (tertiary alicyclic amines) is 1. The molecule has 6 heteroatoms. The summed E-state index contributed by atoms with van der Waals surface area (Å²) in [7, 11) is 0. The van der Waals surface area contributed by atoms with Gasteiger partial charge in [-0.25, -0.2) is 4.39 Å². The third-order valence-corrected chi connectivity index (χ3v) is 6.29. The Bertz CT molecular complexity index is 964. The summed E-state index contributed by atoms with van der Waals surface area (Å²) in [6, 6.07) is 13.7. The van der Waals surface area contributed by atoms with E-state index in [1.165, 1.54) is 12.1 Å². The average molecular weight is 380 g/mol. The Labute approximate surface area is 162 Å². The van der Waals surface area contributed by atoms with Crippen LogP contribution in [0, 0.1) is 12.7 Å². The molecule has 0 aliphatic carbocycles. The van der Waals surface area contributed by atoms with Crippen LogP contribution in [0.1, 0.15) is 40.4 Å². The maximum atomic E-state index is 13.7. The Hall–Kier alpha value is -2.73. The van der Waals surface area contributed by atoms with Crippen LogP contribution >= 0.6 is 0 Å². The van der Waals surface area contributed by atoms with Crippen molar-refractivity contribution < 1.29 is 18.7 Å². The quantitative estimate of drug-likeness (QED) is 0.805. The number of halogens is 1. The molecular weight excluding hydrogens is 359 g/mol. The molecule has 3 saturated heterocycles. The molecule has 28 heavy (non-hydrogen) atoms. The highest BCUT2D eigenvalue weighted by Gasteiger charge is 2.65. The van der Waals surface area contributed by atoms with Crippen LogP contribution in [-0.2, 0) is 9.53 Å². The van der Waals surface area contributed by atoms with Crippen molar-refractivity contribution in [3.63, 3.8) is 0 Å². The van der Waals surface area contributed by atoms with Gasteiger partial charge in [0.15, 0.2) is 5.72 Å². The first-order valence-corrected chi connectivity index (χ1v) is 9.60. The van der Waals surface area contributed by atoms with E-state index in [0.717, 1.165) is 11.1 Å². The van der Waals surface area contributed by atoms with Gasteiger partial charge in [0.25, 0.3) is 5.91 Å². The highest BCUT2D eigenvalue weighted by atomic mass is 19.1. The molecule has 5 rings (SSSR count). The van der Waals surface area contributed by atoms with Crippen LogP contribution in [0.5, 0.6) is 0 Å². The lowest BCUT2D eigenvalue weighted by Gasteiger charge is -2.32. The number of rotatable bonds is 2. The van der Waals surface area contributed by atoms with Crippen molar-refractivity contribution in [1.82, 2.24) is 9.80 Å². The largest absolute Gasteiger partial charge is 0.343 e. The summed E-state index contributed by atoms with van der Waals surface area (Å²) in [5.41, 5.74) is 1.33. The van der Waals surface area contributed by atoms with Gasteiger partial charge in [0.1, 0.15) is 11.9 Å². The molecule has 144 valence electrons. The Morgan fingerprint density at radius 1 is 1.21 bits per heavy atom. The van der Waals surface area contributed by atoms with E-state index in [4.69, 9.17) is 4.74 Å². The zero-order valence-electron chi connectivity index (χ0n) is 15.6. The second kappa shape index (κ2) is 6.14. The van der Waals surface area contributed by atoms with Crippen LogP contribution in [0.3, 0.4) is 0 Å². The zero-order valence-corrected chi connectivity index (χ0v) is 15.6. The maximum Gasteiger partial charge on any atom is 0.254 e. The highest BCUT2D eigenvalue weighted by Crippen LogP contribution is 2.50. The Kier molecular flexibility index (Phi) is 3.81. The van der Waals surface area contributed by atoms with Gasteiger partial charge in [-0.15, -0.1) is 0 Å². The fraction of sp³-hybridized carbons (Fsp3) is 0.364. The molecule has 0 bridgehead atoms. The summed E-state index contributed by atoms with van der Waals surface area (Å²) < 4.78 is 20.2. The van der Waals surface area contributed by atoms with E-state index >= 15 is 0 Å². The molecule has 3 aliphatic rings. The lowest BCUT2D eigenvalue weighted by atomic mass is 10.0. The highest BCUT2D eigenvalue weighted by molar-refractivity contribution is 5.97. The summed E-state index contributed by atoms with van der Waals surface area (Å²) in [6.45, 7) is 2.78. The molecule has 0 aromatic heterocycles. The monoisotopic (exact) mass is 380 g/mol. The van der Waals surface area contributed by atoms with E-state index in [1.807, 2.05) is 30.3 Å². The molecule has 5 nitrogen and oxygen atoms in total. The minimum Gasteiger partial charge on any atom is -0.343 e. The standard InChI is InChI=1S/C22H21FN2O3/c1-14-7-8-16(23)11-17(14)21(27)24-10-9-22-19(24)12-20(26)25(22)13-18(28-22)15-5-3-2-4-6-15/h2-8,11,18-19H,9-10,12-13H2,1H3/t18-,19-,22+/m1/s1. The second-order valence-electron chi connectivity index (χ2n) is 7.79. The Morgan fingerprint density at radius 3 is 2.79 bits per heavy atom. The van der Waals surface area contributed by atoms with Gasteiger partial charge in [-0.2, -0.15) is 0 Å². The van der Waals surface area contributed by atoms with Crippen molar-refractivity contribution in [2.24, 2.45) is 0 Å². The predicted octanol–water partition coefficient (Wildman–Crippen LogP) is 3.05. The van der Waals surface area contributed by atoms with Gasteiger partial charge in [0.2, 0.25) is 5.91 Å². The number of ether oxygens (including phenoxy) is 1. The van der Waals surface area contributed by atoms with Crippen molar-refractivity contribution in [3.8, 4) is 0 Å². The van der Waals surface area contributed by atoms with Crippen molar-refractivity contribution in [2.75, 3.05) is 13.1 Å². The first kappa shape index (κ1) is 17.4. The molecule has 0 N–H and O–H groups in total. The van der Waals surface area contributed by atoms with E-state index < -0.39 is 11.5 Å². The predicted molar refractivity (Wildman–Crippen MR) is 99.9 cm³/mol. The lowest BCUT2D eigenvalue weighted by Crippen LogP contribution is -2.48. The molecule has 3 heterocycles. The molecule has 1 spiro atoms. The molecule has 2 aromatic rings. The lowest BCUT2D eigenvalue weighted by molar-refractivity contribution is -0.138. The summed E-state index contributed by atoms with van der Waals surface area (Å²) >= 11 is 0. The third kappa shape index (κ3) is 2.41. The zero-order chi connectivity index (χ0) is 19.5. The topological polar surface area (TPSA) is 49.9 Å². The van der Waals surface area contributed by atoms with Crippen molar-refractivity contribution >= 4 is 11.8 Å². The Balaban J connectivity index is 1.46. The van der Waals surface area contributed by atoms with Crippen LogP contribution in [0.15, 0.2) is 48.5 Å². The number of hydrogen-bond acceptors (Lipinski definition) is 3. The van der Waals surface area contributed by atoms with Crippen molar-refractivity contribution in [2.45, 2.75) is 37.6 Å². The fourth-order valence-corrected chi connectivity index (χ4v) is 4.89. The van der Waals surface area contributed by atoms with E-state index in [1.54, 1.807) is 22.8 Å². The van der Waals surface area contributed by atoms with Crippen molar-refractivity contribution in [3.05, 3.63) is 71.0 Å². The minimum absolute atomic E-state index is 0.0110. The van der Waals surface area contributed by atoms with Gasteiger partial charge in [-0.1, -0.05) is 36.4 Å². The van der Waals surface area contributed by atoms with Crippen molar-refractivity contribution in [1.29, 1.82) is 0 Å². The second-order valence-corrected chi connectivity index (χ2v) is 7.79. The molecule has 2 amide bonds. The first-order chi connectivity index (χ1) is 13.5. The number of amides is 2. The van der Waals surface area contributed by atoms with E-state index in [0.29, 0.717) is 25.1 Å². The molecule has 0 unspecified atom stereocenters. The number of carbonyl (C=O) groups is 2. The van der Waals surface area contributed by atoms with Gasteiger partial charge in [0.05, 0.1) is 19.0 Å². The van der Waals surface area contributed by atoms with Crippen LogP contribution < -0.4 is 0 Å². The molecule has 3 atom stereocenters. The van der Waals surface area contributed by atoms with Gasteiger partial charge in [0, 0.05) is 18.5 Å². The normalized spacial score (nSPS) is 28.6. The van der Waals surface area contributed by atoms with Crippen LogP contribution in [0.25, 0.3) is 0 Å². The Morgan fingerprint density at radius 2 is 2.00 bits per heavy atom. The number of nitrogens with zero attached hydrogens (tertiary/aromatic N) is 2. The van der Waals surface area contributed by atoms with Gasteiger partial charge in [-0.05, 0) is 30.2 Å². The fourth-order valence-electron chi connectivity index (χ4n) is 4.89. The minimum atomic E-state index is -0.769. The molecular formula is C22H21FN2O3. The van der Waals surface area contributed by atoms with Crippen LogP contribution in [-0.4, -0.2) is 46.5 Å². The molecule has 3 aliphatic heterocycles. The molecule has 0 saturated carbocycles. The van der Waals surface area contributed by atoms with Crippen LogP contribution in [0.2, 0.25) is 0 Å². The summed E-state index contributed by atoms with van der Waals surface area (Å²) in [5, 5.41) is 0. The summed E-state index contributed by atoms with van der Waals surface area (Å²) in [5.74, 6) is -0.662. The van der Waals surface area contributed by atoms with Gasteiger partial charge >= 0.3 is 0 Å². The number of carbonyl (C=O) groups excluding carboxylic acids is 2. The van der Waals surface area contributed by atoms with Crippen LogP contribution in [0.4, 0.5) is 4.39 Å². The SMILES string of the molecule is Cc1ccc(F)cc1C(=O)N1CC[C@@]23O[C@@H](c4ccccc4)CN2C(=O)C[C@@H]13. The smallest absolute Gasteiger partial charge is 0.254 e. The van der Waals surface area contributed by atoms with E-state index in [-0.39, 0.29) is 30.4 Å².